The number of nitrogens with zero attached hydrogens (tertiary/aromatic N) is 1. The zero-order chi connectivity index (χ0) is 11.5. The molecule has 0 bridgehead atoms. The summed E-state index contributed by atoms with van der Waals surface area (Å²) in [6, 6.07) is 1.98. The molecule has 1 aliphatic carbocycles. The average Bonchev–Trinajstić information content (AvgIpc) is 2.75. The number of rotatable bonds is 2. The fourth-order valence-electron chi connectivity index (χ4n) is 2.27. The minimum absolute atomic E-state index is 0.0364. The number of hydrogen-bond donors (Lipinski definition) is 0. The third kappa shape index (κ3) is 2.24. The maximum absolute atomic E-state index is 12.1. The third-order valence-corrected chi connectivity index (χ3v) is 3.58. The zero-order valence-corrected chi connectivity index (χ0v) is 10.2. The van der Waals surface area contributed by atoms with Crippen LogP contribution in [0.2, 0.25) is 5.22 Å². The van der Waals surface area contributed by atoms with Crippen molar-refractivity contribution in [1.82, 2.24) is 4.90 Å². The molecule has 1 aromatic heterocycles. The van der Waals surface area contributed by atoms with Crippen LogP contribution in [0.25, 0.3) is 0 Å². The van der Waals surface area contributed by atoms with Crippen molar-refractivity contribution >= 4 is 17.5 Å². The maximum Gasteiger partial charge on any atom is 0.258 e. The van der Waals surface area contributed by atoms with E-state index in [1.807, 2.05) is 7.05 Å². The number of hydrogen-bond acceptors (Lipinski definition) is 2. The number of amides is 1. The van der Waals surface area contributed by atoms with Crippen LogP contribution in [-0.4, -0.2) is 23.9 Å². The fourth-order valence-corrected chi connectivity index (χ4v) is 2.47. The molecule has 0 atom stereocenters. The predicted molar refractivity (Wildman–Crippen MR) is 62.7 cm³/mol. The van der Waals surface area contributed by atoms with E-state index in [2.05, 4.69) is 0 Å². The SMILES string of the molecule is CN(C(=O)c1ccoc1Cl)C1CCCCC1. The second-order valence-corrected chi connectivity index (χ2v) is 4.66. The van der Waals surface area contributed by atoms with E-state index in [0.29, 0.717) is 11.6 Å². The molecule has 16 heavy (non-hydrogen) atoms. The monoisotopic (exact) mass is 241 g/mol. The summed E-state index contributed by atoms with van der Waals surface area (Å²) in [7, 11) is 1.85. The Morgan fingerprint density at radius 1 is 1.44 bits per heavy atom. The molecule has 0 spiro atoms. The van der Waals surface area contributed by atoms with Crippen molar-refractivity contribution < 1.29 is 9.21 Å². The van der Waals surface area contributed by atoms with Gasteiger partial charge in [-0.3, -0.25) is 4.79 Å². The van der Waals surface area contributed by atoms with Gasteiger partial charge in [-0.2, -0.15) is 0 Å². The second-order valence-electron chi connectivity index (χ2n) is 4.32. The largest absolute Gasteiger partial charge is 0.452 e. The van der Waals surface area contributed by atoms with Gasteiger partial charge in [0.15, 0.2) is 0 Å². The van der Waals surface area contributed by atoms with Crippen molar-refractivity contribution in [2.45, 2.75) is 38.1 Å². The van der Waals surface area contributed by atoms with Gasteiger partial charge in [0, 0.05) is 13.1 Å². The van der Waals surface area contributed by atoms with E-state index in [0.717, 1.165) is 12.8 Å². The third-order valence-electron chi connectivity index (χ3n) is 3.29. The molecule has 0 unspecified atom stereocenters. The first kappa shape index (κ1) is 11.5. The molecule has 1 aliphatic rings. The number of halogens is 1. The van der Waals surface area contributed by atoms with Gasteiger partial charge in [0.2, 0.25) is 5.22 Å². The summed E-state index contributed by atoms with van der Waals surface area (Å²) in [4.78, 5) is 13.9. The summed E-state index contributed by atoms with van der Waals surface area (Å²) >= 11 is 5.80. The molecule has 1 heterocycles. The van der Waals surface area contributed by atoms with Gasteiger partial charge in [-0.25, -0.2) is 0 Å². The predicted octanol–water partition coefficient (Wildman–Crippen LogP) is 3.34. The zero-order valence-electron chi connectivity index (χ0n) is 9.41. The molecule has 2 rings (SSSR count). The van der Waals surface area contributed by atoms with Gasteiger partial charge < -0.3 is 9.32 Å². The van der Waals surface area contributed by atoms with Gasteiger partial charge in [-0.1, -0.05) is 19.3 Å². The van der Waals surface area contributed by atoms with Gasteiger partial charge in [0.05, 0.1) is 11.8 Å². The Bertz CT molecular complexity index is 369. The van der Waals surface area contributed by atoms with Crippen LogP contribution in [0.4, 0.5) is 0 Å². The van der Waals surface area contributed by atoms with Crippen LogP contribution >= 0.6 is 11.6 Å². The van der Waals surface area contributed by atoms with Gasteiger partial charge in [0.1, 0.15) is 0 Å². The van der Waals surface area contributed by atoms with E-state index in [4.69, 9.17) is 16.0 Å². The highest BCUT2D eigenvalue weighted by atomic mass is 35.5. The average molecular weight is 242 g/mol. The lowest BCUT2D eigenvalue weighted by molar-refractivity contribution is 0.0696. The van der Waals surface area contributed by atoms with Crippen LogP contribution in [0.1, 0.15) is 42.5 Å². The smallest absolute Gasteiger partial charge is 0.258 e. The Hall–Kier alpha value is -0.960. The summed E-state index contributed by atoms with van der Waals surface area (Å²) < 4.78 is 4.94. The Balaban J connectivity index is 2.06. The molecular weight excluding hydrogens is 226 g/mol. The lowest BCUT2D eigenvalue weighted by atomic mass is 9.94. The first-order valence-corrected chi connectivity index (χ1v) is 6.08. The molecule has 0 aromatic carbocycles. The van der Waals surface area contributed by atoms with Crippen LogP contribution in [0.5, 0.6) is 0 Å². The molecular formula is C12H16ClNO2. The van der Waals surface area contributed by atoms with Crippen LogP contribution in [0, 0.1) is 0 Å². The lowest BCUT2D eigenvalue weighted by Crippen LogP contribution is -2.38. The molecule has 1 amide bonds. The van der Waals surface area contributed by atoms with E-state index < -0.39 is 0 Å². The van der Waals surface area contributed by atoms with Crippen molar-refractivity contribution in [3.63, 3.8) is 0 Å². The van der Waals surface area contributed by atoms with Gasteiger partial charge >= 0.3 is 0 Å². The highest BCUT2D eigenvalue weighted by Gasteiger charge is 2.25. The molecule has 0 aliphatic heterocycles. The van der Waals surface area contributed by atoms with Crippen molar-refractivity contribution in [3.8, 4) is 0 Å². The van der Waals surface area contributed by atoms with Crippen LogP contribution < -0.4 is 0 Å². The maximum atomic E-state index is 12.1. The Labute approximate surface area is 100 Å². The molecule has 0 N–H and O–H groups in total. The molecule has 0 radical (unpaired) electrons. The molecule has 4 heteroatoms. The standard InChI is InChI=1S/C12H16ClNO2/c1-14(9-5-3-2-4-6-9)12(15)10-7-8-16-11(10)13/h7-9H,2-6H2,1H3. The number of carbonyl (C=O) groups excluding carboxylic acids is 1. The van der Waals surface area contributed by atoms with Gasteiger partial charge in [0.25, 0.3) is 5.91 Å². The molecule has 1 fully saturated rings. The fraction of sp³-hybridized carbons (Fsp3) is 0.583. The number of carbonyl (C=O) groups is 1. The van der Waals surface area contributed by atoms with Crippen molar-refractivity contribution in [2.75, 3.05) is 7.05 Å². The van der Waals surface area contributed by atoms with Crippen molar-refractivity contribution in [2.24, 2.45) is 0 Å². The minimum atomic E-state index is -0.0364. The topological polar surface area (TPSA) is 33.5 Å². The summed E-state index contributed by atoms with van der Waals surface area (Å²) in [6.45, 7) is 0. The highest BCUT2D eigenvalue weighted by molar-refractivity contribution is 6.32. The Morgan fingerprint density at radius 3 is 2.69 bits per heavy atom. The highest BCUT2D eigenvalue weighted by Crippen LogP contribution is 2.25. The van der Waals surface area contributed by atoms with E-state index in [1.165, 1.54) is 25.5 Å². The van der Waals surface area contributed by atoms with E-state index in [-0.39, 0.29) is 11.1 Å². The molecule has 0 saturated heterocycles. The summed E-state index contributed by atoms with van der Waals surface area (Å²) in [5.41, 5.74) is 0.467. The summed E-state index contributed by atoms with van der Waals surface area (Å²) in [5, 5.41) is 0.188. The summed E-state index contributed by atoms with van der Waals surface area (Å²) in [6.07, 6.45) is 7.34. The van der Waals surface area contributed by atoms with Crippen molar-refractivity contribution in [3.05, 3.63) is 23.1 Å². The summed E-state index contributed by atoms with van der Waals surface area (Å²) in [5.74, 6) is -0.0364. The van der Waals surface area contributed by atoms with Gasteiger partial charge in [-0.05, 0) is 30.5 Å². The van der Waals surface area contributed by atoms with Crippen LogP contribution in [0.3, 0.4) is 0 Å². The van der Waals surface area contributed by atoms with Gasteiger partial charge in [-0.15, -0.1) is 0 Å². The normalized spacial score (nSPS) is 17.4. The second kappa shape index (κ2) is 4.91. The van der Waals surface area contributed by atoms with Crippen molar-refractivity contribution in [1.29, 1.82) is 0 Å². The minimum Gasteiger partial charge on any atom is -0.452 e. The van der Waals surface area contributed by atoms with Crippen LogP contribution in [-0.2, 0) is 0 Å². The van der Waals surface area contributed by atoms with E-state index in [1.54, 1.807) is 11.0 Å². The van der Waals surface area contributed by atoms with E-state index in [9.17, 15) is 4.79 Å². The molecule has 88 valence electrons. The molecule has 1 saturated carbocycles. The first-order chi connectivity index (χ1) is 7.70. The number of furan rings is 1. The molecule has 1 aromatic rings. The first-order valence-electron chi connectivity index (χ1n) is 5.70. The van der Waals surface area contributed by atoms with E-state index >= 15 is 0 Å². The quantitative estimate of drug-likeness (QED) is 0.796. The molecule has 3 nitrogen and oxygen atoms in total. The lowest BCUT2D eigenvalue weighted by Gasteiger charge is -2.31. The van der Waals surface area contributed by atoms with Crippen LogP contribution in [0.15, 0.2) is 16.7 Å². The Morgan fingerprint density at radius 2 is 2.12 bits per heavy atom. The Kier molecular flexibility index (Phi) is 3.54.